The van der Waals surface area contributed by atoms with Crippen LogP contribution in [0.25, 0.3) is 0 Å². The van der Waals surface area contributed by atoms with Gasteiger partial charge in [0.15, 0.2) is 5.13 Å². The SMILES string of the molecule is O=C(Nc1nccs1)c1ccc(N2CCCCCC2)c([N+](=O)[O-])c1. The summed E-state index contributed by atoms with van der Waals surface area (Å²) in [6.07, 6.45) is 5.95. The Kier molecular flexibility index (Phi) is 5.05. The molecule has 0 bridgehead atoms. The number of anilines is 2. The summed E-state index contributed by atoms with van der Waals surface area (Å²) in [6.45, 7) is 1.62. The number of nitrogens with one attached hydrogen (secondary N) is 1. The van der Waals surface area contributed by atoms with E-state index in [1.807, 2.05) is 4.90 Å². The molecular formula is C16H18N4O3S. The van der Waals surface area contributed by atoms with E-state index >= 15 is 0 Å². The van der Waals surface area contributed by atoms with Crippen LogP contribution in [0.5, 0.6) is 0 Å². The molecular weight excluding hydrogens is 328 g/mol. The summed E-state index contributed by atoms with van der Waals surface area (Å²) >= 11 is 1.30. The first kappa shape index (κ1) is 16.4. The molecule has 0 radical (unpaired) electrons. The molecule has 1 amide bonds. The molecule has 1 aliphatic heterocycles. The maximum absolute atomic E-state index is 12.2. The van der Waals surface area contributed by atoms with Crippen molar-refractivity contribution < 1.29 is 9.72 Å². The zero-order valence-electron chi connectivity index (χ0n) is 13.1. The summed E-state index contributed by atoms with van der Waals surface area (Å²) in [6, 6.07) is 4.67. The highest BCUT2D eigenvalue weighted by molar-refractivity contribution is 7.13. The third-order valence-electron chi connectivity index (χ3n) is 4.03. The molecule has 0 unspecified atom stereocenters. The van der Waals surface area contributed by atoms with Crippen LogP contribution in [0, 0.1) is 10.1 Å². The fraction of sp³-hybridized carbons (Fsp3) is 0.375. The Hall–Kier alpha value is -2.48. The van der Waals surface area contributed by atoms with Crippen LogP contribution in [0.4, 0.5) is 16.5 Å². The van der Waals surface area contributed by atoms with Crippen LogP contribution < -0.4 is 10.2 Å². The molecule has 1 aromatic heterocycles. The highest BCUT2D eigenvalue weighted by atomic mass is 32.1. The van der Waals surface area contributed by atoms with E-state index in [0.29, 0.717) is 10.8 Å². The largest absolute Gasteiger partial charge is 0.366 e. The van der Waals surface area contributed by atoms with Gasteiger partial charge in [0.25, 0.3) is 11.6 Å². The number of benzene rings is 1. The Balaban J connectivity index is 1.86. The van der Waals surface area contributed by atoms with E-state index in [2.05, 4.69) is 10.3 Å². The highest BCUT2D eigenvalue weighted by Crippen LogP contribution is 2.31. The van der Waals surface area contributed by atoms with Crippen molar-refractivity contribution in [2.24, 2.45) is 0 Å². The molecule has 7 nitrogen and oxygen atoms in total. The van der Waals surface area contributed by atoms with Crippen LogP contribution in [0.3, 0.4) is 0 Å². The molecule has 0 saturated carbocycles. The molecule has 1 aliphatic rings. The average Bonchev–Trinajstić information content (AvgIpc) is 2.94. The second-order valence-electron chi connectivity index (χ2n) is 5.65. The third-order valence-corrected chi connectivity index (χ3v) is 4.72. The summed E-state index contributed by atoms with van der Waals surface area (Å²) < 4.78 is 0. The molecule has 0 aliphatic carbocycles. The zero-order valence-corrected chi connectivity index (χ0v) is 13.9. The summed E-state index contributed by atoms with van der Waals surface area (Å²) in [5.41, 5.74) is 0.826. The van der Waals surface area contributed by atoms with Gasteiger partial charge in [-0.05, 0) is 25.0 Å². The maximum atomic E-state index is 12.2. The van der Waals surface area contributed by atoms with E-state index in [0.717, 1.165) is 38.8 Å². The van der Waals surface area contributed by atoms with Gasteiger partial charge in [-0.25, -0.2) is 4.98 Å². The zero-order chi connectivity index (χ0) is 16.9. The Morgan fingerprint density at radius 1 is 1.25 bits per heavy atom. The van der Waals surface area contributed by atoms with Crippen molar-refractivity contribution in [3.63, 3.8) is 0 Å². The molecule has 2 aromatic rings. The van der Waals surface area contributed by atoms with E-state index in [-0.39, 0.29) is 11.3 Å². The minimum Gasteiger partial charge on any atom is -0.366 e. The number of carbonyl (C=O) groups is 1. The van der Waals surface area contributed by atoms with Crippen LogP contribution in [0.1, 0.15) is 36.0 Å². The summed E-state index contributed by atoms with van der Waals surface area (Å²) in [5, 5.41) is 16.3. The molecule has 1 aromatic carbocycles. The fourth-order valence-corrected chi connectivity index (χ4v) is 3.37. The lowest BCUT2D eigenvalue weighted by atomic mass is 10.1. The number of hydrogen-bond acceptors (Lipinski definition) is 6. The van der Waals surface area contributed by atoms with Crippen LogP contribution in [-0.2, 0) is 0 Å². The van der Waals surface area contributed by atoms with Gasteiger partial charge in [-0.15, -0.1) is 11.3 Å². The molecule has 1 fully saturated rings. The number of nitro groups is 1. The minimum absolute atomic E-state index is 0.0244. The molecule has 24 heavy (non-hydrogen) atoms. The standard InChI is InChI=1S/C16H18N4O3S/c21-15(18-16-17-7-10-24-16)12-5-6-13(14(11-12)20(22)23)19-8-3-1-2-4-9-19/h5-7,10-11H,1-4,8-9H2,(H,17,18,21). The van der Waals surface area contributed by atoms with Crippen molar-refractivity contribution in [1.82, 2.24) is 4.98 Å². The van der Waals surface area contributed by atoms with E-state index in [1.165, 1.54) is 17.4 Å². The Bertz CT molecular complexity index is 725. The van der Waals surface area contributed by atoms with Gasteiger partial charge in [0.05, 0.1) is 4.92 Å². The number of aromatic nitrogens is 1. The first-order valence-corrected chi connectivity index (χ1v) is 8.77. The van der Waals surface area contributed by atoms with Crippen LogP contribution in [0.2, 0.25) is 0 Å². The quantitative estimate of drug-likeness (QED) is 0.674. The fourth-order valence-electron chi connectivity index (χ4n) is 2.84. The van der Waals surface area contributed by atoms with Gasteiger partial charge in [0.2, 0.25) is 0 Å². The van der Waals surface area contributed by atoms with E-state index in [9.17, 15) is 14.9 Å². The normalized spacial score (nSPS) is 14.9. The minimum atomic E-state index is -0.416. The van der Waals surface area contributed by atoms with Crippen molar-refractivity contribution >= 4 is 33.8 Å². The average molecular weight is 346 g/mol. The van der Waals surface area contributed by atoms with Crippen LogP contribution >= 0.6 is 11.3 Å². The van der Waals surface area contributed by atoms with E-state index < -0.39 is 10.8 Å². The molecule has 3 rings (SSSR count). The van der Waals surface area contributed by atoms with Gasteiger partial charge in [0, 0.05) is 36.3 Å². The van der Waals surface area contributed by atoms with Gasteiger partial charge in [-0.3, -0.25) is 20.2 Å². The predicted molar refractivity (Wildman–Crippen MR) is 93.8 cm³/mol. The second-order valence-corrected chi connectivity index (χ2v) is 6.55. The topological polar surface area (TPSA) is 88.4 Å². The van der Waals surface area contributed by atoms with Crippen molar-refractivity contribution in [2.45, 2.75) is 25.7 Å². The predicted octanol–water partition coefficient (Wildman–Crippen LogP) is 3.68. The van der Waals surface area contributed by atoms with Gasteiger partial charge in [-0.1, -0.05) is 12.8 Å². The maximum Gasteiger partial charge on any atom is 0.293 e. The van der Waals surface area contributed by atoms with Crippen molar-refractivity contribution in [3.8, 4) is 0 Å². The highest BCUT2D eigenvalue weighted by Gasteiger charge is 2.22. The van der Waals surface area contributed by atoms with E-state index in [1.54, 1.807) is 23.7 Å². The Morgan fingerprint density at radius 2 is 2.00 bits per heavy atom. The first-order valence-electron chi connectivity index (χ1n) is 7.89. The first-order chi connectivity index (χ1) is 11.6. The van der Waals surface area contributed by atoms with Gasteiger partial charge < -0.3 is 4.90 Å². The Morgan fingerprint density at radius 3 is 2.62 bits per heavy atom. The molecule has 2 heterocycles. The number of rotatable bonds is 4. The number of thiazole rings is 1. The summed E-state index contributed by atoms with van der Waals surface area (Å²) in [5.74, 6) is -0.393. The smallest absolute Gasteiger partial charge is 0.293 e. The third kappa shape index (κ3) is 3.70. The summed E-state index contributed by atoms with van der Waals surface area (Å²) in [7, 11) is 0. The van der Waals surface area contributed by atoms with E-state index in [4.69, 9.17) is 0 Å². The van der Waals surface area contributed by atoms with Gasteiger partial charge in [-0.2, -0.15) is 0 Å². The Labute approximate surface area is 143 Å². The van der Waals surface area contributed by atoms with Crippen molar-refractivity contribution in [3.05, 3.63) is 45.5 Å². The van der Waals surface area contributed by atoms with Crippen molar-refractivity contribution in [1.29, 1.82) is 0 Å². The van der Waals surface area contributed by atoms with Crippen molar-refractivity contribution in [2.75, 3.05) is 23.3 Å². The monoisotopic (exact) mass is 346 g/mol. The molecule has 126 valence electrons. The lowest BCUT2D eigenvalue weighted by molar-refractivity contribution is -0.384. The summed E-state index contributed by atoms with van der Waals surface area (Å²) in [4.78, 5) is 29.3. The van der Waals surface area contributed by atoms with Gasteiger partial charge >= 0.3 is 0 Å². The van der Waals surface area contributed by atoms with Crippen LogP contribution in [-0.4, -0.2) is 28.9 Å². The lowest BCUT2D eigenvalue weighted by Crippen LogP contribution is -2.25. The number of amides is 1. The molecule has 1 saturated heterocycles. The van der Waals surface area contributed by atoms with Crippen LogP contribution in [0.15, 0.2) is 29.8 Å². The molecule has 0 spiro atoms. The lowest BCUT2D eigenvalue weighted by Gasteiger charge is -2.22. The number of carbonyl (C=O) groups excluding carboxylic acids is 1. The van der Waals surface area contributed by atoms with Gasteiger partial charge in [0.1, 0.15) is 5.69 Å². The number of hydrogen-bond donors (Lipinski definition) is 1. The molecule has 8 heteroatoms. The number of nitro benzene ring substituents is 1. The second kappa shape index (κ2) is 7.39. The molecule has 1 N–H and O–H groups in total. The molecule has 0 atom stereocenters. The number of nitrogens with zero attached hydrogens (tertiary/aromatic N) is 3.